The lowest BCUT2D eigenvalue weighted by atomic mass is 9.73. The summed E-state index contributed by atoms with van der Waals surface area (Å²) in [6.07, 6.45) is 3.69. The molecule has 2 N–H and O–H groups in total. The number of carbonyl (C=O) groups is 1. The van der Waals surface area contributed by atoms with Crippen molar-refractivity contribution in [3.05, 3.63) is 58.4 Å². The minimum Gasteiger partial charge on any atom is -0.378 e. The molecule has 1 saturated heterocycles. The minimum absolute atomic E-state index is 0.000121. The zero-order chi connectivity index (χ0) is 25.4. The first kappa shape index (κ1) is 25.5. The lowest BCUT2D eigenvalue weighted by molar-refractivity contribution is -0.139. The molecule has 2 aromatic rings. The molecule has 186 valence electrons. The summed E-state index contributed by atoms with van der Waals surface area (Å²) in [6, 6.07) is 4.24. The number of nitrogens with two attached hydrogens (primary N) is 1. The smallest absolute Gasteiger partial charge is 0.239 e. The average Bonchev–Trinajstić information content (AvgIpc) is 2.84. The second-order valence-electron chi connectivity index (χ2n) is 8.89. The normalized spacial score (nSPS) is 27.5. The van der Waals surface area contributed by atoms with Crippen molar-refractivity contribution in [2.75, 3.05) is 26.3 Å². The minimum atomic E-state index is -1.17. The number of carbonyl (C=O) groups excluding carboxylic acids is 1. The van der Waals surface area contributed by atoms with Crippen LogP contribution in [0.15, 0.2) is 35.6 Å². The maximum atomic E-state index is 15.2. The molecule has 7 nitrogen and oxygen atoms in total. The van der Waals surface area contributed by atoms with Gasteiger partial charge in [0.2, 0.25) is 5.91 Å². The Morgan fingerprint density at radius 3 is 2.66 bits per heavy atom. The standard InChI is InChI=1S/C24H26ClF2N5O2S/c1-14-23(2,31-22(28)35-24(14,3)21(33)32-6-8-34-9-7-32)16-10-15(4-5-17(16)26)11-18(27)19-12-30-20(25)13-29-19/h4-5,10-14H,6-9H2,1-3H3,(H2,28,31)/b18-11-/t14-,23-,24-/m0/s1. The van der Waals surface area contributed by atoms with E-state index in [-0.39, 0.29) is 27.5 Å². The van der Waals surface area contributed by atoms with Crippen LogP contribution >= 0.6 is 23.4 Å². The van der Waals surface area contributed by atoms with Crippen LogP contribution in [-0.4, -0.2) is 57.0 Å². The topological polar surface area (TPSA) is 93.7 Å². The molecule has 3 atom stereocenters. The fraction of sp³-hybridized carbons (Fsp3) is 0.417. The Morgan fingerprint density at radius 1 is 1.29 bits per heavy atom. The molecule has 3 heterocycles. The molecular formula is C24H26ClF2N5O2S. The summed E-state index contributed by atoms with van der Waals surface area (Å²) in [7, 11) is 0. The molecule has 0 spiro atoms. The maximum Gasteiger partial charge on any atom is 0.239 e. The predicted octanol–water partition coefficient (Wildman–Crippen LogP) is 4.27. The van der Waals surface area contributed by atoms with Gasteiger partial charge in [-0.25, -0.2) is 18.7 Å². The van der Waals surface area contributed by atoms with Crippen LogP contribution in [-0.2, 0) is 15.1 Å². The van der Waals surface area contributed by atoms with Crippen LogP contribution < -0.4 is 5.73 Å². The van der Waals surface area contributed by atoms with Gasteiger partial charge in [-0.05, 0) is 37.6 Å². The number of rotatable bonds is 4. The molecule has 0 unspecified atom stereocenters. The van der Waals surface area contributed by atoms with Gasteiger partial charge in [-0.1, -0.05) is 36.4 Å². The number of thioether (sulfide) groups is 1. The number of aromatic nitrogens is 2. The number of ether oxygens (including phenoxy) is 1. The Kier molecular flexibility index (Phi) is 7.17. The Labute approximate surface area is 211 Å². The maximum absolute atomic E-state index is 15.2. The zero-order valence-electron chi connectivity index (χ0n) is 19.6. The average molecular weight is 522 g/mol. The SMILES string of the molecule is C[C@@H]1[C@@](C)(C(=O)N2CCOCC2)SC(N)=N[C@]1(C)c1cc(/C=C(\F)c2cnc(Cl)cn2)ccc1F. The van der Waals surface area contributed by atoms with E-state index in [2.05, 4.69) is 15.0 Å². The van der Waals surface area contributed by atoms with Gasteiger partial charge in [0.05, 0.1) is 31.1 Å². The highest BCUT2D eigenvalue weighted by Crippen LogP contribution is 2.51. The number of amidine groups is 1. The van der Waals surface area contributed by atoms with Gasteiger partial charge in [-0.15, -0.1) is 0 Å². The van der Waals surface area contributed by atoms with Crippen LogP contribution in [0.1, 0.15) is 37.6 Å². The summed E-state index contributed by atoms with van der Waals surface area (Å²) < 4.78 is 34.4. The number of morpholine rings is 1. The first-order valence-corrected chi connectivity index (χ1v) is 12.3. The second kappa shape index (κ2) is 9.83. The van der Waals surface area contributed by atoms with Gasteiger partial charge in [0.25, 0.3) is 0 Å². The second-order valence-corrected chi connectivity index (χ2v) is 10.7. The molecule has 0 aliphatic carbocycles. The van der Waals surface area contributed by atoms with Gasteiger partial charge in [0.15, 0.2) is 11.0 Å². The van der Waals surface area contributed by atoms with E-state index in [9.17, 15) is 9.18 Å². The van der Waals surface area contributed by atoms with Crippen LogP contribution in [0.5, 0.6) is 0 Å². The number of hydrogen-bond donors (Lipinski definition) is 1. The molecule has 35 heavy (non-hydrogen) atoms. The van der Waals surface area contributed by atoms with Crippen molar-refractivity contribution in [1.29, 1.82) is 0 Å². The lowest BCUT2D eigenvalue weighted by Crippen LogP contribution is -2.58. The van der Waals surface area contributed by atoms with Crippen LogP contribution in [0.25, 0.3) is 11.9 Å². The summed E-state index contributed by atoms with van der Waals surface area (Å²) in [5, 5.41) is 0.338. The highest BCUT2D eigenvalue weighted by atomic mass is 35.5. The number of aliphatic imine (C=N–C) groups is 1. The quantitative estimate of drug-likeness (QED) is 0.646. The predicted molar refractivity (Wildman–Crippen MR) is 134 cm³/mol. The molecule has 1 amide bonds. The summed E-state index contributed by atoms with van der Waals surface area (Å²) in [6.45, 7) is 7.34. The third-order valence-electron chi connectivity index (χ3n) is 6.75. The molecule has 2 aliphatic rings. The van der Waals surface area contributed by atoms with Crippen molar-refractivity contribution in [1.82, 2.24) is 14.9 Å². The molecule has 2 aliphatic heterocycles. The van der Waals surface area contributed by atoms with Crippen molar-refractivity contribution in [2.45, 2.75) is 31.1 Å². The van der Waals surface area contributed by atoms with E-state index < -0.39 is 27.8 Å². The number of benzene rings is 1. The van der Waals surface area contributed by atoms with Crippen LogP contribution in [0.2, 0.25) is 5.15 Å². The largest absolute Gasteiger partial charge is 0.378 e. The lowest BCUT2D eigenvalue weighted by Gasteiger charge is -2.48. The Bertz CT molecular complexity index is 1190. The van der Waals surface area contributed by atoms with E-state index >= 15 is 4.39 Å². The molecule has 1 aromatic carbocycles. The van der Waals surface area contributed by atoms with Gasteiger partial charge in [0.1, 0.15) is 21.4 Å². The number of hydrogen-bond acceptors (Lipinski definition) is 7. The number of amides is 1. The van der Waals surface area contributed by atoms with Crippen molar-refractivity contribution < 1.29 is 18.3 Å². The van der Waals surface area contributed by atoms with Crippen LogP contribution in [0, 0.1) is 11.7 Å². The van der Waals surface area contributed by atoms with Gasteiger partial charge in [-0.2, -0.15) is 0 Å². The zero-order valence-corrected chi connectivity index (χ0v) is 21.2. The van der Waals surface area contributed by atoms with Crippen molar-refractivity contribution >= 4 is 46.3 Å². The summed E-state index contributed by atoms with van der Waals surface area (Å²) in [5.41, 5.74) is 5.66. The summed E-state index contributed by atoms with van der Waals surface area (Å²) >= 11 is 6.91. The van der Waals surface area contributed by atoms with Gasteiger partial charge < -0.3 is 15.4 Å². The third-order valence-corrected chi connectivity index (χ3v) is 8.19. The monoisotopic (exact) mass is 521 g/mol. The number of halogens is 3. The Hall–Kier alpha value is -2.56. The fourth-order valence-electron chi connectivity index (χ4n) is 4.47. The molecule has 1 fully saturated rings. The highest BCUT2D eigenvalue weighted by Gasteiger charge is 2.55. The molecule has 11 heteroatoms. The molecule has 0 bridgehead atoms. The fourth-order valence-corrected chi connectivity index (χ4v) is 5.86. The van der Waals surface area contributed by atoms with E-state index in [0.29, 0.717) is 31.9 Å². The summed E-state index contributed by atoms with van der Waals surface area (Å²) in [4.78, 5) is 27.7. The molecule has 1 aromatic heterocycles. The van der Waals surface area contributed by atoms with Gasteiger partial charge >= 0.3 is 0 Å². The van der Waals surface area contributed by atoms with Gasteiger partial charge in [0, 0.05) is 24.6 Å². The molecule has 4 rings (SSSR count). The van der Waals surface area contributed by atoms with E-state index in [1.165, 1.54) is 48.4 Å². The van der Waals surface area contributed by atoms with E-state index in [1.807, 2.05) is 13.8 Å². The van der Waals surface area contributed by atoms with E-state index in [1.54, 1.807) is 11.8 Å². The summed E-state index contributed by atoms with van der Waals surface area (Å²) in [5.74, 6) is -1.71. The third kappa shape index (κ3) is 4.92. The number of nitrogens with zero attached hydrogens (tertiary/aromatic N) is 4. The molecule has 0 saturated carbocycles. The van der Waals surface area contributed by atoms with E-state index in [4.69, 9.17) is 22.1 Å². The van der Waals surface area contributed by atoms with Crippen molar-refractivity contribution in [3.8, 4) is 0 Å². The Morgan fingerprint density at radius 2 is 2.00 bits per heavy atom. The van der Waals surface area contributed by atoms with Crippen molar-refractivity contribution in [3.63, 3.8) is 0 Å². The van der Waals surface area contributed by atoms with E-state index in [0.717, 1.165) is 0 Å². The van der Waals surface area contributed by atoms with Crippen molar-refractivity contribution in [2.24, 2.45) is 16.6 Å². The van der Waals surface area contributed by atoms with Crippen LogP contribution in [0.4, 0.5) is 8.78 Å². The first-order valence-electron chi connectivity index (χ1n) is 11.1. The van der Waals surface area contributed by atoms with Crippen LogP contribution in [0.3, 0.4) is 0 Å². The van der Waals surface area contributed by atoms with Gasteiger partial charge in [-0.3, -0.25) is 9.79 Å². The first-order chi connectivity index (χ1) is 16.5. The molecule has 0 radical (unpaired) electrons. The Balaban J connectivity index is 1.72. The molecular weight excluding hydrogens is 496 g/mol. The highest BCUT2D eigenvalue weighted by molar-refractivity contribution is 8.15.